The largest absolute Gasteiger partial charge is 0.481 e. The number of nitriles is 1. The lowest BCUT2D eigenvalue weighted by Crippen LogP contribution is -2.18. The van der Waals surface area contributed by atoms with Crippen molar-refractivity contribution >= 4 is 17.7 Å². The van der Waals surface area contributed by atoms with E-state index in [0.717, 1.165) is 30.4 Å². The SMILES string of the molecule is CCCCCCC(O)c1ccc(C2C(C/C=C\CSCC(=O)O)[C@H](C#N)C[C@H]2O)cc1. The number of thioether (sulfide) groups is 1. The minimum absolute atomic E-state index is 0.0190. The highest BCUT2D eigenvalue weighted by molar-refractivity contribution is 8.00. The zero-order chi connectivity index (χ0) is 22.6. The first kappa shape index (κ1) is 25.5. The molecule has 1 aliphatic carbocycles. The van der Waals surface area contributed by atoms with Crippen LogP contribution < -0.4 is 0 Å². The Bertz CT molecular complexity index is 743. The molecule has 170 valence electrons. The predicted octanol–water partition coefficient (Wildman–Crippen LogP) is 5.06. The molecule has 1 saturated carbocycles. The molecule has 6 heteroatoms. The van der Waals surface area contributed by atoms with Crippen LogP contribution in [-0.4, -0.2) is 38.9 Å². The number of unbranched alkanes of at least 4 members (excludes halogenated alkanes) is 3. The standard InChI is InChI=1S/C25H35NO4S/c1-2-3-4-5-9-22(27)18-10-12-19(13-11-18)25-21(20(16-26)15-23(25)28)8-6-7-14-31-17-24(29)30/h6-7,10-13,20-23,25,27-28H,2-5,8-9,14-15,17H2,1H3,(H,29,30)/b7-6-/t20-,21?,22?,23+,25?/m0/s1. The molecule has 3 unspecified atom stereocenters. The fourth-order valence-electron chi connectivity index (χ4n) is 4.45. The van der Waals surface area contributed by atoms with E-state index in [1.807, 2.05) is 36.4 Å². The number of nitrogens with zero attached hydrogens (tertiary/aromatic N) is 1. The molecule has 0 amide bonds. The molecular formula is C25H35NO4S. The summed E-state index contributed by atoms with van der Waals surface area (Å²) >= 11 is 1.34. The van der Waals surface area contributed by atoms with Crippen LogP contribution in [0.1, 0.15) is 75.0 Å². The summed E-state index contributed by atoms with van der Waals surface area (Å²) in [5, 5.41) is 39.4. The second-order valence-electron chi connectivity index (χ2n) is 8.38. The molecule has 2 rings (SSSR count). The number of aliphatic hydroxyl groups is 2. The van der Waals surface area contributed by atoms with Gasteiger partial charge in [-0.2, -0.15) is 5.26 Å². The van der Waals surface area contributed by atoms with Crippen molar-refractivity contribution in [3.8, 4) is 6.07 Å². The zero-order valence-corrected chi connectivity index (χ0v) is 19.1. The summed E-state index contributed by atoms with van der Waals surface area (Å²) in [7, 11) is 0. The summed E-state index contributed by atoms with van der Waals surface area (Å²) in [4.78, 5) is 10.6. The molecule has 0 saturated heterocycles. The second-order valence-corrected chi connectivity index (χ2v) is 9.41. The highest BCUT2D eigenvalue weighted by atomic mass is 32.2. The van der Waals surface area contributed by atoms with E-state index in [1.54, 1.807) is 0 Å². The molecule has 0 radical (unpaired) electrons. The van der Waals surface area contributed by atoms with Gasteiger partial charge in [0.25, 0.3) is 0 Å². The zero-order valence-electron chi connectivity index (χ0n) is 18.3. The van der Waals surface area contributed by atoms with Crippen LogP contribution in [0.4, 0.5) is 0 Å². The second kappa shape index (κ2) is 13.6. The lowest BCUT2D eigenvalue weighted by Gasteiger charge is -2.23. The number of carboxylic acids is 1. The topological polar surface area (TPSA) is 102 Å². The Kier molecular flexibility index (Phi) is 11.1. The summed E-state index contributed by atoms with van der Waals surface area (Å²) in [5.74, 6) is -0.431. The maximum Gasteiger partial charge on any atom is 0.313 e. The Morgan fingerprint density at radius 3 is 2.65 bits per heavy atom. The van der Waals surface area contributed by atoms with Gasteiger partial charge >= 0.3 is 5.97 Å². The third-order valence-corrected chi connectivity index (χ3v) is 6.98. The van der Waals surface area contributed by atoms with Gasteiger partial charge < -0.3 is 15.3 Å². The van der Waals surface area contributed by atoms with E-state index in [-0.39, 0.29) is 23.5 Å². The lowest BCUT2D eigenvalue weighted by molar-refractivity contribution is -0.133. The maximum atomic E-state index is 10.7. The van der Waals surface area contributed by atoms with E-state index in [1.165, 1.54) is 24.6 Å². The molecule has 1 aromatic rings. The van der Waals surface area contributed by atoms with Gasteiger partial charge in [-0.3, -0.25) is 4.79 Å². The number of allylic oxidation sites excluding steroid dienone is 1. The van der Waals surface area contributed by atoms with Crippen LogP contribution in [0.15, 0.2) is 36.4 Å². The first-order valence-electron chi connectivity index (χ1n) is 11.3. The molecule has 0 bridgehead atoms. The number of hydrogen-bond donors (Lipinski definition) is 3. The van der Waals surface area contributed by atoms with Crippen molar-refractivity contribution in [2.24, 2.45) is 11.8 Å². The molecule has 1 aliphatic rings. The summed E-state index contributed by atoms with van der Waals surface area (Å²) in [6, 6.07) is 10.2. The highest BCUT2D eigenvalue weighted by Crippen LogP contribution is 2.45. The fourth-order valence-corrected chi connectivity index (χ4v) is 5.02. The summed E-state index contributed by atoms with van der Waals surface area (Å²) < 4.78 is 0. The number of carboxylic acid groups (broad SMARTS) is 1. The van der Waals surface area contributed by atoms with E-state index in [9.17, 15) is 20.3 Å². The first-order valence-corrected chi connectivity index (χ1v) is 12.4. The normalized spacial score (nSPS) is 24.3. The molecule has 0 spiro atoms. The maximum absolute atomic E-state index is 10.7. The lowest BCUT2D eigenvalue weighted by atomic mass is 9.82. The molecule has 0 heterocycles. The van der Waals surface area contributed by atoms with Crippen LogP contribution in [0.3, 0.4) is 0 Å². The Labute approximate surface area is 190 Å². The molecule has 3 N–H and O–H groups in total. The van der Waals surface area contributed by atoms with Gasteiger partial charge in [0.1, 0.15) is 0 Å². The number of carbonyl (C=O) groups is 1. The molecule has 31 heavy (non-hydrogen) atoms. The molecule has 5 atom stereocenters. The Morgan fingerprint density at radius 2 is 2.00 bits per heavy atom. The van der Waals surface area contributed by atoms with E-state index in [0.29, 0.717) is 18.6 Å². The number of rotatable bonds is 13. The molecular weight excluding hydrogens is 410 g/mol. The molecule has 0 aromatic heterocycles. The van der Waals surface area contributed by atoms with Gasteiger partial charge in [0.05, 0.1) is 29.9 Å². The van der Waals surface area contributed by atoms with Crippen molar-refractivity contribution < 1.29 is 20.1 Å². The Hall–Kier alpha value is -1.81. The quantitative estimate of drug-likeness (QED) is 0.290. The van der Waals surface area contributed by atoms with Crippen molar-refractivity contribution in [3.05, 3.63) is 47.5 Å². The van der Waals surface area contributed by atoms with Crippen LogP contribution in [0.5, 0.6) is 0 Å². The van der Waals surface area contributed by atoms with Crippen molar-refractivity contribution in [2.75, 3.05) is 11.5 Å². The van der Waals surface area contributed by atoms with Crippen molar-refractivity contribution in [3.63, 3.8) is 0 Å². The van der Waals surface area contributed by atoms with Crippen LogP contribution in [0.2, 0.25) is 0 Å². The number of aliphatic hydroxyl groups excluding tert-OH is 2. The van der Waals surface area contributed by atoms with Gasteiger partial charge in [-0.1, -0.05) is 69.0 Å². The predicted molar refractivity (Wildman–Crippen MR) is 125 cm³/mol. The number of benzene rings is 1. The van der Waals surface area contributed by atoms with E-state index < -0.39 is 18.2 Å². The van der Waals surface area contributed by atoms with Gasteiger partial charge in [0, 0.05) is 11.7 Å². The molecule has 0 aliphatic heterocycles. The number of aliphatic carboxylic acids is 1. The van der Waals surface area contributed by atoms with Crippen LogP contribution in [0, 0.1) is 23.2 Å². The number of hydrogen-bond acceptors (Lipinski definition) is 5. The van der Waals surface area contributed by atoms with Gasteiger partial charge in [-0.15, -0.1) is 11.8 Å². The van der Waals surface area contributed by atoms with Crippen molar-refractivity contribution in [2.45, 2.75) is 70.0 Å². The van der Waals surface area contributed by atoms with E-state index in [2.05, 4.69) is 13.0 Å². The Morgan fingerprint density at radius 1 is 1.26 bits per heavy atom. The fraction of sp³-hybridized carbons (Fsp3) is 0.600. The van der Waals surface area contributed by atoms with Crippen LogP contribution in [-0.2, 0) is 4.79 Å². The van der Waals surface area contributed by atoms with Gasteiger partial charge in [-0.25, -0.2) is 0 Å². The summed E-state index contributed by atoms with van der Waals surface area (Å²) in [5.41, 5.74) is 1.90. The van der Waals surface area contributed by atoms with Crippen LogP contribution >= 0.6 is 11.8 Å². The average Bonchev–Trinajstić information content (AvgIpc) is 3.08. The molecule has 1 aromatic carbocycles. The third-order valence-electron chi connectivity index (χ3n) is 6.11. The minimum atomic E-state index is -0.823. The Balaban J connectivity index is 1.99. The average molecular weight is 446 g/mol. The molecule has 1 fully saturated rings. The monoisotopic (exact) mass is 445 g/mol. The third kappa shape index (κ3) is 7.99. The van der Waals surface area contributed by atoms with Crippen molar-refractivity contribution in [1.29, 1.82) is 5.26 Å². The van der Waals surface area contributed by atoms with Gasteiger partial charge in [0.15, 0.2) is 0 Å². The minimum Gasteiger partial charge on any atom is -0.481 e. The van der Waals surface area contributed by atoms with Gasteiger partial charge in [0.2, 0.25) is 0 Å². The van der Waals surface area contributed by atoms with Gasteiger partial charge in [-0.05, 0) is 36.3 Å². The molecule has 5 nitrogen and oxygen atoms in total. The summed E-state index contributed by atoms with van der Waals surface area (Å²) in [6.07, 6.45) is 9.35. The highest BCUT2D eigenvalue weighted by Gasteiger charge is 2.42. The summed E-state index contributed by atoms with van der Waals surface area (Å²) in [6.45, 7) is 2.17. The van der Waals surface area contributed by atoms with E-state index >= 15 is 0 Å². The smallest absolute Gasteiger partial charge is 0.313 e. The first-order chi connectivity index (χ1) is 15.0. The van der Waals surface area contributed by atoms with Crippen molar-refractivity contribution in [1.82, 2.24) is 0 Å². The van der Waals surface area contributed by atoms with Crippen LogP contribution in [0.25, 0.3) is 0 Å². The van der Waals surface area contributed by atoms with E-state index in [4.69, 9.17) is 5.11 Å².